The van der Waals surface area contributed by atoms with Crippen LogP contribution in [0.15, 0.2) is 36.7 Å². The number of hydrogen-bond acceptors (Lipinski definition) is 12. The number of nitrogens with zero attached hydrogens (tertiary/aromatic N) is 4. The first-order valence-electron chi connectivity index (χ1n) is 12.4. The number of ether oxygens (including phenoxy) is 3. The van der Waals surface area contributed by atoms with E-state index in [1.807, 2.05) is 0 Å². The molecule has 4 N–H and O–H groups in total. The second kappa shape index (κ2) is 11.6. The minimum atomic E-state index is -4.29. The predicted molar refractivity (Wildman–Crippen MR) is 140 cm³/mol. The summed E-state index contributed by atoms with van der Waals surface area (Å²) in [5.74, 6) is -0.566. The minimum Gasteiger partial charge on any atom is -0.479 e. The van der Waals surface area contributed by atoms with Gasteiger partial charge in [0, 0.05) is 0 Å². The van der Waals surface area contributed by atoms with E-state index in [9.17, 15) is 14.5 Å². The molecule has 1 saturated heterocycles. The molecule has 2 aromatic heterocycles. The van der Waals surface area contributed by atoms with Crippen LogP contribution in [0.2, 0.25) is 0 Å². The Balaban J connectivity index is 1.56. The van der Waals surface area contributed by atoms with Crippen LogP contribution < -0.4 is 20.1 Å². The average molecular weight is 583 g/mol. The summed E-state index contributed by atoms with van der Waals surface area (Å²) in [7, 11) is -2.92. The number of anilines is 1. The first-order valence-corrected chi connectivity index (χ1v) is 13.9. The average Bonchev–Trinajstić information content (AvgIpc) is 3.40. The number of methoxy groups -OCH3 is 1. The van der Waals surface area contributed by atoms with E-state index in [1.54, 1.807) is 32.0 Å². The third-order valence-electron chi connectivity index (χ3n) is 6.00. The molecule has 0 radical (unpaired) electrons. The Kier molecular flexibility index (Phi) is 8.61. The van der Waals surface area contributed by atoms with Gasteiger partial charge in [-0.3, -0.25) is 13.9 Å². The monoisotopic (exact) mass is 582 g/mol. The summed E-state index contributed by atoms with van der Waals surface area (Å²) in [6.45, 7) is 5.33. The van der Waals surface area contributed by atoms with Crippen LogP contribution in [0.25, 0.3) is 11.2 Å². The van der Waals surface area contributed by atoms with E-state index in [0.29, 0.717) is 0 Å². The Morgan fingerprint density at radius 3 is 2.65 bits per heavy atom. The highest BCUT2D eigenvalue weighted by Crippen LogP contribution is 2.48. The van der Waals surface area contributed by atoms with Gasteiger partial charge in [0.05, 0.1) is 26.1 Å². The minimum absolute atomic E-state index is 0.0791. The number of esters is 1. The van der Waals surface area contributed by atoms with Crippen molar-refractivity contribution in [1.82, 2.24) is 24.6 Å². The molecule has 218 valence electrons. The zero-order valence-corrected chi connectivity index (χ0v) is 23.4. The Morgan fingerprint density at radius 1 is 1.30 bits per heavy atom. The number of aliphatic hydroxyl groups is 1. The van der Waals surface area contributed by atoms with E-state index in [2.05, 4.69) is 20.0 Å². The van der Waals surface area contributed by atoms with Crippen LogP contribution in [0, 0.1) is 0 Å². The van der Waals surface area contributed by atoms with Gasteiger partial charge in [-0.25, -0.2) is 13.9 Å². The van der Waals surface area contributed by atoms with Gasteiger partial charge >= 0.3 is 13.7 Å². The molecule has 0 saturated carbocycles. The molecule has 1 fully saturated rings. The fourth-order valence-electron chi connectivity index (χ4n) is 4.08. The third-order valence-corrected chi connectivity index (χ3v) is 7.65. The van der Waals surface area contributed by atoms with Crippen LogP contribution in [0.1, 0.15) is 33.9 Å². The van der Waals surface area contributed by atoms with Gasteiger partial charge in [-0.2, -0.15) is 15.1 Å². The molecule has 1 aliphatic rings. The largest absolute Gasteiger partial charge is 0.479 e. The number of imidazole rings is 1. The number of halogens is 1. The number of nitrogens with two attached hydrogens (primary N) is 1. The van der Waals surface area contributed by atoms with E-state index in [-0.39, 0.29) is 28.7 Å². The molecule has 0 aliphatic carbocycles. The standard InChI is InChI=1S/C24H32FN6O8P/c1-13(2)37-21(33)14(3)30-40(34,39-15-9-7-6-8-10-15)36-11-16-18(32)24(4,25)22(38-16)31-12-27-17-19(31)28-23(26)29-20(17)35-5/h6-10,12-14,16,18,22,32H,11H2,1-5H3,(H,30,34)(H2,26,28,29)/t14?,16?,18?,22?,24-,40?/m1/s1. The van der Waals surface area contributed by atoms with Gasteiger partial charge in [-0.15, -0.1) is 0 Å². The molecule has 1 aromatic carbocycles. The molecule has 3 aromatic rings. The number of carbonyl (C=O) groups excluding carboxylic acids is 1. The molecular weight excluding hydrogens is 550 g/mol. The SMILES string of the molecule is COc1nc(N)nc2c1ncn2C1OC(COP(=O)(NC(C)C(=O)OC(C)C)Oc2ccccc2)C(O)[C@@]1(C)F. The number of nitrogens with one attached hydrogen (secondary N) is 1. The highest BCUT2D eigenvalue weighted by molar-refractivity contribution is 7.52. The lowest BCUT2D eigenvalue weighted by Crippen LogP contribution is -2.41. The van der Waals surface area contributed by atoms with Gasteiger partial charge in [-0.1, -0.05) is 18.2 Å². The van der Waals surface area contributed by atoms with E-state index in [4.69, 9.17) is 29.0 Å². The van der Waals surface area contributed by atoms with Gasteiger partial charge in [0.1, 0.15) is 24.0 Å². The zero-order valence-electron chi connectivity index (χ0n) is 22.6. The van der Waals surface area contributed by atoms with Crippen molar-refractivity contribution in [3.05, 3.63) is 36.7 Å². The number of para-hydroxylation sites is 1. The number of rotatable bonds is 11. The highest BCUT2D eigenvalue weighted by atomic mass is 31.2. The predicted octanol–water partition coefficient (Wildman–Crippen LogP) is 2.54. The van der Waals surface area contributed by atoms with Crippen LogP contribution >= 0.6 is 7.75 Å². The van der Waals surface area contributed by atoms with Crippen molar-refractivity contribution in [2.24, 2.45) is 0 Å². The first-order chi connectivity index (χ1) is 18.8. The Hall–Kier alpha value is -3.36. The van der Waals surface area contributed by atoms with Crippen molar-refractivity contribution >= 4 is 30.8 Å². The summed E-state index contributed by atoms with van der Waals surface area (Å²) >= 11 is 0. The van der Waals surface area contributed by atoms with Crippen molar-refractivity contribution in [3.8, 4) is 11.6 Å². The summed E-state index contributed by atoms with van der Waals surface area (Å²) in [5, 5.41) is 13.4. The van der Waals surface area contributed by atoms with E-state index in [0.717, 1.165) is 6.92 Å². The lowest BCUT2D eigenvalue weighted by Gasteiger charge is -2.25. The van der Waals surface area contributed by atoms with Crippen molar-refractivity contribution in [2.45, 2.75) is 63.9 Å². The normalized spacial score (nSPS) is 25.1. The highest BCUT2D eigenvalue weighted by Gasteiger charge is 2.56. The Morgan fingerprint density at radius 2 is 2.00 bits per heavy atom. The number of carbonyl (C=O) groups is 1. The van der Waals surface area contributed by atoms with Gasteiger partial charge in [0.25, 0.3) is 0 Å². The maximum absolute atomic E-state index is 15.9. The second-order valence-electron chi connectivity index (χ2n) is 9.57. The van der Waals surface area contributed by atoms with Crippen LogP contribution in [-0.2, 0) is 23.4 Å². The zero-order chi connectivity index (χ0) is 29.2. The lowest BCUT2D eigenvalue weighted by atomic mass is 9.98. The Bertz CT molecular complexity index is 1390. The number of fused-ring (bicyclic) bond motifs is 1. The van der Waals surface area contributed by atoms with Crippen LogP contribution in [0.5, 0.6) is 11.6 Å². The molecule has 0 spiro atoms. The molecule has 1 aliphatic heterocycles. The van der Waals surface area contributed by atoms with Crippen LogP contribution in [0.3, 0.4) is 0 Å². The number of hydrogen-bond donors (Lipinski definition) is 3. The lowest BCUT2D eigenvalue weighted by molar-refractivity contribution is -0.149. The maximum atomic E-state index is 15.9. The molecular formula is C24H32FN6O8P. The van der Waals surface area contributed by atoms with Gasteiger partial charge < -0.3 is 29.6 Å². The number of alkyl halides is 1. The summed E-state index contributed by atoms with van der Waals surface area (Å²) in [6, 6.07) is 7.02. The molecule has 6 atom stereocenters. The number of aliphatic hydroxyl groups excluding tert-OH is 1. The topological polar surface area (TPSA) is 182 Å². The fraction of sp³-hybridized carbons (Fsp3) is 0.500. The van der Waals surface area contributed by atoms with Crippen molar-refractivity contribution in [3.63, 3.8) is 0 Å². The molecule has 16 heteroatoms. The summed E-state index contributed by atoms with van der Waals surface area (Å²) in [5.41, 5.74) is 3.71. The number of benzene rings is 1. The van der Waals surface area contributed by atoms with E-state index >= 15 is 4.39 Å². The smallest absolute Gasteiger partial charge is 0.459 e. The maximum Gasteiger partial charge on any atom is 0.459 e. The Labute approximate surface area is 229 Å². The van der Waals surface area contributed by atoms with Crippen molar-refractivity contribution in [1.29, 1.82) is 0 Å². The molecule has 3 heterocycles. The third kappa shape index (κ3) is 6.18. The van der Waals surface area contributed by atoms with E-state index < -0.39 is 56.6 Å². The van der Waals surface area contributed by atoms with Gasteiger partial charge in [-0.05, 0) is 39.8 Å². The van der Waals surface area contributed by atoms with Gasteiger partial charge in [0.2, 0.25) is 11.8 Å². The van der Waals surface area contributed by atoms with Crippen molar-refractivity contribution < 1.29 is 42.1 Å². The summed E-state index contributed by atoms with van der Waals surface area (Å²) in [6.07, 6.45) is -3.63. The molecule has 0 bridgehead atoms. The quantitative estimate of drug-likeness (QED) is 0.222. The number of aromatic nitrogens is 4. The number of nitrogen functional groups attached to an aromatic ring is 1. The van der Waals surface area contributed by atoms with Gasteiger partial charge in [0.15, 0.2) is 23.1 Å². The molecule has 5 unspecified atom stereocenters. The van der Waals surface area contributed by atoms with Crippen LogP contribution in [0.4, 0.5) is 10.3 Å². The molecule has 14 nitrogen and oxygen atoms in total. The molecule has 0 amide bonds. The summed E-state index contributed by atoms with van der Waals surface area (Å²) in [4.78, 5) is 24.6. The summed E-state index contributed by atoms with van der Waals surface area (Å²) < 4.78 is 58.3. The molecule has 4 rings (SSSR count). The molecule has 40 heavy (non-hydrogen) atoms. The van der Waals surface area contributed by atoms with Crippen LogP contribution in [-0.4, -0.2) is 74.3 Å². The van der Waals surface area contributed by atoms with E-state index in [1.165, 1.54) is 37.1 Å². The fourth-order valence-corrected chi connectivity index (χ4v) is 5.58. The van der Waals surface area contributed by atoms with Crippen molar-refractivity contribution in [2.75, 3.05) is 19.5 Å². The first kappa shape index (κ1) is 29.6. The second-order valence-corrected chi connectivity index (χ2v) is 11.3.